The monoisotopic (exact) mass is 269 g/mol. The van der Waals surface area contributed by atoms with E-state index in [1.807, 2.05) is 0 Å². The van der Waals surface area contributed by atoms with Gasteiger partial charge in [-0.15, -0.1) is 0 Å². The molecule has 19 heavy (non-hydrogen) atoms. The zero-order valence-electron chi connectivity index (χ0n) is 13.8. The summed E-state index contributed by atoms with van der Waals surface area (Å²) < 4.78 is 0. The topological polar surface area (TPSA) is 32.3 Å². The van der Waals surface area contributed by atoms with Crippen LogP contribution >= 0.6 is 0 Å². The van der Waals surface area contributed by atoms with Gasteiger partial charge in [0.1, 0.15) is 0 Å². The van der Waals surface area contributed by atoms with Crippen molar-refractivity contribution in [3.63, 3.8) is 0 Å². The van der Waals surface area contributed by atoms with Crippen LogP contribution in [0.5, 0.6) is 0 Å². The molecule has 114 valence electrons. The Balaban J connectivity index is 2.33. The molecule has 1 unspecified atom stereocenters. The summed E-state index contributed by atoms with van der Waals surface area (Å²) in [6.07, 6.45) is 7.46. The van der Waals surface area contributed by atoms with Gasteiger partial charge in [0.15, 0.2) is 0 Å². The quantitative estimate of drug-likeness (QED) is 0.764. The predicted molar refractivity (Wildman–Crippen MR) is 83.3 cm³/mol. The molecule has 0 aliphatic heterocycles. The van der Waals surface area contributed by atoms with Crippen LogP contribution in [0.15, 0.2) is 0 Å². The lowest BCUT2D eigenvalue weighted by Gasteiger charge is -2.38. The van der Waals surface area contributed by atoms with E-state index in [0.717, 1.165) is 31.2 Å². The number of nitrogens with one attached hydrogen (secondary N) is 1. The third-order valence-electron chi connectivity index (χ3n) is 5.33. The Morgan fingerprint density at radius 1 is 1.05 bits per heavy atom. The first kappa shape index (κ1) is 17.0. The van der Waals surface area contributed by atoms with E-state index in [9.17, 15) is 0 Å². The van der Waals surface area contributed by atoms with Gasteiger partial charge in [-0.25, -0.2) is 0 Å². The van der Waals surface area contributed by atoms with Crippen molar-refractivity contribution in [3.8, 4) is 0 Å². The van der Waals surface area contributed by atoms with Gasteiger partial charge in [0.2, 0.25) is 0 Å². The molecule has 0 amide bonds. The summed E-state index contributed by atoms with van der Waals surface area (Å²) in [4.78, 5) is 0. The molecule has 1 saturated carbocycles. The lowest BCUT2D eigenvalue weighted by Crippen LogP contribution is -2.45. The summed E-state index contributed by atoms with van der Waals surface area (Å²) in [6, 6.07) is 0. The van der Waals surface area contributed by atoms with Gasteiger partial charge in [-0.05, 0) is 69.2 Å². The smallest absolute Gasteiger partial charge is 0.0448 e. The Bertz CT molecular complexity index is 250. The van der Waals surface area contributed by atoms with Crippen molar-refractivity contribution >= 4 is 0 Å². The normalized spacial score (nSPS) is 28.1. The maximum Gasteiger partial charge on any atom is 0.0448 e. The molecule has 1 rings (SSSR count). The van der Waals surface area contributed by atoms with Crippen LogP contribution < -0.4 is 5.32 Å². The Kier molecular flexibility index (Phi) is 6.32. The van der Waals surface area contributed by atoms with Crippen molar-refractivity contribution in [2.24, 2.45) is 17.3 Å². The molecular weight excluding hydrogens is 234 g/mol. The summed E-state index contributed by atoms with van der Waals surface area (Å²) >= 11 is 0. The zero-order chi connectivity index (χ0) is 14.5. The van der Waals surface area contributed by atoms with Gasteiger partial charge in [0.25, 0.3) is 0 Å². The van der Waals surface area contributed by atoms with Gasteiger partial charge in [-0.3, -0.25) is 0 Å². The fourth-order valence-corrected chi connectivity index (χ4v) is 3.26. The van der Waals surface area contributed by atoms with Gasteiger partial charge in [-0.2, -0.15) is 0 Å². The molecule has 2 nitrogen and oxygen atoms in total. The van der Waals surface area contributed by atoms with Gasteiger partial charge < -0.3 is 10.4 Å². The number of aliphatic hydroxyl groups is 1. The zero-order valence-corrected chi connectivity index (χ0v) is 13.8. The van der Waals surface area contributed by atoms with Crippen LogP contribution in [-0.4, -0.2) is 23.8 Å². The molecule has 0 aromatic rings. The maximum atomic E-state index is 9.15. The van der Waals surface area contributed by atoms with Crippen molar-refractivity contribution in [2.45, 2.75) is 78.7 Å². The minimum absolute atomic E-state index is 0.121. The largest absolute Gasteiger partial charge is 0.396 e. The summed E-state index contributed by atoms with van der Waals surface area (Å²) in [6.45, 7) is 13.0. The summed E-state index contributed by atoms with van der Waals surface area (Å²) in [7, 11) is 0. The molecule has 2 heteroatoms. The van der Waals surface area contributed by atoms with Crippen molar-refractivity contribution in [3.05, 3.63) is 0 Å². The summed E-state index contributed by atoms with van der Waals surface area (Å²) in [5.74, 6) is 1.74. The highest BCUT2D eigenvalue weighted by Gasteiger charge is 2.30. The van der Waals surface area contributed by atoms with Crippen LogP contribution in [0.2, 0.25) is 0 Å². The van der Waals surface area contributed by atoms with Crippen LogP contribution in [0.1, 0.15) is 73.1 Å². The van der Waals surface area contributed by atoms with Crippen molar-refractivity contribution in [1.82, 2.24) is 5.32 Å². The molecule has 1 fully saturated rings. The Morgan fingerprint density at radius 2 is 1.63 bits per heavy atom. The van der Waals surface area contributed by atoms with E-state index in [0.29, 0.717) is 5.41 Å². The lowest BCUT2D eigenvalue weighted by molar-refractivity contribution is 0.140. The van der Waals surface area contributed by atoms with Crippen molar-refractivity contribution in [2.75, 3.05) is 13.2 Å². The van der Waals surface area contributed by atoms with Crippen LogP contribution in [0.3, 0.4) is 0 Å². The van der Waals surface area contributed by atoms with E-state index in [1.54, 1.807) is 0 Å². The minimum atomic E-state index is 0.121. The van der Waals surface area contributed by atoms with E-state index < -0.39 is 0 Å². The van der Waals surface area contributed by atoms with E-state index in [4.69, 9.17) is 5.11 Å². The molecule has 2 N–H and O–H groups in total. The molecule has 0 aromatic carbocycles. The molecule has 0 saturated heterocycles. The number of aliphatic hydroxyl groups excluding tert-OH is 1. The fourth-order valence-electron chi connectivity index (χ4n) is 3.26. The highest BCUT2D eigenvalue weighted by Crippen LogP contribution is 2.39. The second-order valence-electron chi connectivity index (χ2n) is 7.85. The van der Waals surface area contributed by atoms with Gasteiger partial charge in [0, 0.05) is 12.1 Å². The molecule has 1 aliphatic carbocycles. The van der Waals surface area contributed by atoms with Gasteiger partial charge >= 0.3 is 0 Å². The molecule has 0 bridgehead atoms. The summed E-state index contributed by atoms with van der Waals surface area (Å²) in [5, 5.41) is 12.9. The lowest BCUT2D eigenvalue weighted by atomic mass is 9.70. The molecule has 1 atom stereocenters. The maximum absolute atomic E-state index is 9.15. The Morgan fingerprint density at radius 3 is 2.05 bits per heavy atom. The van der Waals surface area contributed by atoms with E-state index in [-0.39, 0.29) is 12.1 Å². The first-order chi connectivity index (χ1) is 8.80. The summed E-state index contributed by atoms with van der Waals surface area (Å²) in [5.41, 5.74) is 0.600. The third kappa shape index (κ3) is 5.43. The second kappa shape index (κ2) is 7.08. The molecule has 0 aromatic heterocycles. The fraction of sp³-hybridized carbons (Fsp3) is 1.00. The highest BCUT2D eigenvalue weighted by molar-refractivity contribution is 4.85. The molecular formula is C17H35NO. The van der Waals surface area contributed by atoms with Crippen LogP contribution in [-0.2, 0) is 0 Å². The van der Waals surface area contributed by atoms with E-state index >= 15 is 0 Å². The molecule has 0 heterocycles. The van der Waals surface area contributed by atoms with Crippen LogP contribution in [0.25, 0.3) is 0 Å². The van der Waals surface area contributed by atoms with Crippen molar-refractivity contribution in [1.29, 1.82) is 0 Å². The van der Waals surface area contributed by atoms with Crippen LogP contribution in [0, 0.1) is 17.3 Å². The SMILES string of the molecule is CCC(C)(CCO)NCC1CCC(C(C)(C)C)CC1. The highest BCUT2D eigenvalue weighted by atomic mass is 16.3. The van der Waals surface area contributed by atoms with Gasteiger partial charge in [-0.1, -0.05) is 27.7 Å². The van der Waals surface area contributed by atoms with Gasteiger partial charge in [0.05, 0.1) is 0 Å². The average molecular weight is 269 g/mol. The molecule has 0 radical (unpaired) electrons. The predicted octanol–water partition coefficient (Wildman–Crippen LogP) is 3.98. The van der Waals surface area contributed by atoms with E-state index in [1.165, 1.54) is 25.7 Å². The number of rotatable bonds is 6. The third-order valence-corrected chi connectivity index (χ3v) is 5.33. The molecule has 1 aliphatic rings. The Hall–Kier alpha value is -0.0800. The Labute approximate surface area is 120 Å². The van der Waals surface area contributed by atoms with Crippen LogP contribution in [0.4, 0.5) is 0 Å². The molecule has 0 spiro atoms. The first-order valence-electron chi connectivity index (χ1n) is 8.16. The number of hydrogen-bond acceptors (Lipinski definition) is 2. The second-order valence-corrected chi connectivity index (χ2v) is 7.85. The standard InChI is InChI=1S/C17H35NO/c1-6-17(5,11-12-19)18-13-14-7-9-15(10-8-14)16(2,3)4/h14-15,18-19H,6-13H2,1-5H3. The number of hydrogen-bond donors (Lipinski definition) is 2. The average Bonchev–Trinajstić information content (AvgIpc) is 2.36. The van der Waals surface area contributed by atoms with E-state index in [2.05, 4.69) is 39.9 Å². The minimum Gasteiger partial charge on any atom is -0.396 e. The van der Waals surface area contributed by atoms with Crippen molar-refractivity contribution < 1.29 is 5.11 Å². The first-order valence-corrected chi connectivity index (χ1v) is 8.16.